The smallest absolute Gasteiger partial charge is 0.406 e. The van der Waals surface area contributed by atoms with E-state index in [1.807, 2.05) is 0 Å². The van der Waals surface area contributed by atoms with E-state index < -0.39 is 23.9 Å². The summed E-state index contributed by atoms with van der Waals surface area (Å²) in [4.78, 5) is 12.4. The lowest BCUT2D eigenvalue weighted by Crippen LogP contribution is -2.63. The van der Waals surface area contributed by atoms with E-state index in [-0.39, 0.29) is 16.8 Å². The first kappa shape index (κ1) is 17.7. The highest BCUT2D eigenvalue weighted by Crippen LogP contribution is 2.51. The van der Waals surface area contributed by atoms with Gasteiger partial charge in [0.2, 0.25) is 0 Å². The van der Waals surface area contributed by atoms with Crippen molar-refractivity contribution in [2.75, 3.05) is 5.32 Å². The van der Waals surface area contributed by atoms with Crippen LogP contribution in [-0.2, 0) is 4.74 Å². The molecule has 2 amide bonds. The maximum Gasteiger partial charge on any atom is 0.573 e. The molecule has 2 unspecified atom stereocenters. The van der Waals surface area contributed by atoms with Crippen LogP contribution in [0.1, 0.15) is 32.1 Å². The summed E-state index contributed by atoms with van der Waals surface area (Å²) in [6.07, 6.45) is 0.132. The van der Waals surface area contributed by atoms with Crippen LogP contribution in [0.4, 0.5) is 23.7 Å². The van der Waals surface area contributed by atoms with Crippen molar-refractivity contribution in [2.45, 2.75) is 50.3 Å². The van der Waals surface area contributed by atoms with Gasteiger partial charge in [0, 0.05) is 16.8 Å². The van der Waals surface area contributed by atoms with Crippen molar-refractivity contribution in [1.29, 1.82) is 0 Å². The van der Waals surface area contributed by atoms with Crippen molar-refractivity contribution in [1.82, 2.24) is 5.32 Å². The van der Waals surface area contributed by atoms with Crippen molar-refractivity contribution in [3.63, 3.8) is 0 Å². The van der Waals surface area contributed by atoms with Crippen LogP contribution in [0.2, 0.25) is 5.02 Å². The van der Waals surface area contributed by atoms with Crippen LogP contribution in [0, 0.1) is 11.8 Å². The Balaban J connectivity index is 1.44. The second-order valence-electron chi connectivity index (χ2n) is 7.38. The Bertz CT molecular complexity index is 690. The maximum absolute atomic E-state index is 12.4. The molecule has 2 heterocycles. The lowest BCUT2D eigenvalue weighted by atomic mass is 9.65. The molecule has 2 aliphatic carbocycles. The van der Waals surface area contributed by atoms with E-state index in [0.717, 1.165) is 37.8 Å². The molecule has 5 rings (SSSR count). The van der Waals surface area contributed by atoms with Gasteiger partial charge in [-0.2, -0.15) is 0 Å². The molecule has 1 aromatic carbocycles. The van der Waals surface area contributed by atoms with Gasteiger partial charge < -0.3 is 20.1 Å². The highest BCUT2D eigenvalue weighted by molar-refractivity contribution is 6.31. The van der Waals surface area contributed by atoms with Crippen molar-refractivity contribution in [2.24, 2.45) is 11.8 Å². The molecule has 5 nitrogen and oxygen atoms in total. The number of hydrogen-bond donors (Lipinski definition) is 2. The van der Waals surface area contributed by atoms with Gasteiger partial charge in [-0.05, 0) is 56.1 Å². The number of carbonyl (C=O) groups excluding carboxylic acids is 1. The molecular weight excluding hydrogens is 373 g/mol. The van der Waals surface area contributed by atoms with E-state index in [1.54, 1.807) is 0 Å². The number of halogens is 4. The molecule has 26 heavy (non-hydrogen) atoms. The molecule has 2 saturated heterocycles. The van der Waals surface area contributed by atoms with Crippen LogP contribution in [0.5, 0.6) is 5.75 Å². The highest BCUT2D eigenvalue weighted by Gasteiger charge is 2.52. The highest BCUT2D eigenvalue weighted by atomic mass is 35.5. The van der Waals surface area contributed by atoms with Gasteiger partial charge in [0.15, 0.2) is 0 Å². The van der Waals surface area contributed by atoms with Crippen LogP contribution in [0.3, 0.4) is 0 Å². The maximum atomic E-state index is 12.4. The third-order valence-corrected chi connectivity index (χ3v) is 5.41. The summed E-state index contributed by atoms with van der Waals surface area (Å²) < 4.78 is 47.0. The zero-order chi connectivity index (χ0) is 18.5. The molecule has 4 aliphatic rings. The fourth-order valence-electron chi connectivity index (χ4n) is 4.69. The number of rotatable bonds is 3. The number of carbonyl (C=O) groups is 1. The molecule has 0 aromatic heterocycles. The van der Waals surface area contributed by atoms with E-state index in [1.165, 1.54) is 12.5 Å². The molecule has 1 aromatic rings. The minimum atomic E-state index is -4.84. The van der Waals surface area contributed by atoms with Gasteiger partial charge in [-0.25, -0.2) is 4.79 Å². The molecule has 142 valence electrons. The standard InChI is InChI=1S/C17H18ClF3N2O3/c18-11-4-12(6-14(5-11)26-17(19,20)21)22-15(24)23-16-7-9-1-10(8-16)3-13(2-9)25-16/h4-6,9-10,13H,1-3,7-8H2,(H2,22,23,24). The SMILES string of the molecule is O=C(Nc1cc(Cl)cc(OC(F)(F)F)c1)NC12CC3CC(CC(C3)O1)C2. The van der Waals surface area contributed by atoms with Crippen LogP contribution in [0.25, 0.3) is 0 Å². The first-order chi connectivity index (χ1) is 12.2. The molecule has 4 bridgehead atoms. The number of ether oxygens (including phenoxy) is 2. The number of amides is 2. The zero-order valence-electron chi connectivity index (χ0n) is 13.7. The van der Waals surface area contributed by atoms with E-state index >= 15 is 0 Å². The second kappa shape index (κ2) is 6.20. The van der Waals surface area contributed by atoms with Gasteiger partial charge >= 0.3 is 12.4 Å². The molecule has 9 heteroatoms. The summed E-state index contributed by atoms with van der Waals surface area (Å²) in [5.74, 6) is 0.616. The summed E-state index contributed by atoms with van der Waals surface area (Å²) in [5.41, 5.74) is -0.568. The van der Waals surface area contributed by atoms with Crippen molar-refractivity contribution in [3.05, 3.63) is 23.2 Å². The van der Waals surface area contributed by atoms with Gasteiger partial charge in [0.1, 0.15) is 11.5 Å². The zero-order valence-corrected chi connectivity index (χ0v) is 14.5. The van der Waals surface area contributed by atoms with E-state index in [0.29, 0.717) is 11.8 Å². The van der Waals surface area contributed by atoms with Crippen molar-refractivity contribution in [3.8, 4) is 5.75 Å². The number of hydrogen-bond acceptors (Lipinski definition) is 3. The largest absolute Gasteiger partial charge is 0.573 e. The molecule has 4 fully saturated rings. The molecule has 2 atom stereocenters. The lowest BCUT2D eigenvalue weighted by molar-refractivity contribution is -0.274. The third kappa shape index (κ3) is 3.86. The van der Waals surface area contributed by atoms with Gasteiger partial charge in [-0.15, -0.1) is 13.2 Å². The monoisotopic (exact) mass is 390 g/mol. The van der Waals surface area contributed by atoms with Crippen LogP contribution < -0.4 is 15.4 Å². The minimum Gasteiger partial charge on any atom is -0.406 e. The summed E-state index contributed by atoms with van der Waals surface area (Å²) >= 11 is 5.82. The Hall–Kier alpha value is -1.67. The Morgan fingerprint density at radius 2 is 1.88 bits per heavy atom. The fraction of sp³-hybridized carbons (Fsp3) is 0.588. The number of urea groups is 1. The number of anilines is 1. The number of alkyl halides is 3. The van der Waals surface area contributed by atoms with E-state index in [2.05, 4.69) is 15.4 Å². The quantitative estimate of drug-likeness (QED) is 0.788. The average molecular weight is 391 g/mol. The summed E-state index contributed by atoms with van der Waals surface area (Å²) in [6, 6.07) is 2.91. The second-order valence-corrected chi connectivity index (χ2v) is 7.82. The molecule has 2 saturated carbocycles. The Morgan fingerprint density at radius 3 is 2.50 bits per heavy atom. The molecule has 2 N–H and O–H groups in total. The van der Waals surface area contributed by atoms with Crippen LogP contribution in [-0.4, -0.2) is 24.2 Å². The molecule has 2 aliphatic heterocycles. The predicted octanol–water partition coefficient (Wildman–Crippen LogP) is 4.67. The normalized spacial score (nSPS) is 32.4. The fourth-order valence-corrected chi connectivity index (χ4v) is 4.92. The number of nitrogens with one attached hydrogen (secondary N) is 2. The van der Waals surface area contributed by atoms with Gasteiger partial charge in [0.05, 0.1) is 6.10 Å². The Labute approximate surface area is 153 Å². The summed E-state index contributed by atoms with van der Waals surface area (Å²) in [5, 5.41) is 5.43. The molecule has 0 radical (unpaired) electrons. The van der Waals surface area contributed by atoms with Crippen molar-refractivity contribution < 1.29 is 27.4 Å². The van der Waals surface area contributed by atoms with E-state index in [4.69, 9.17) is 16.3 Å². The molecule has 0 spiro atoms. The average Bonchev–Trinajstić information content (AvgIpc) is 2.41. The number of benzene rings is 1. The lowest BCUT2D eigenvalue weighted by Gasteiger charge is -2.56. The molecular formula is C17H18ClF3N2O3. The summed E-state index contributed by atoms with van der Waals surface area (Å²) in [7, 11) is 0. The van der Waals surface area contributed by atoms with Gasteiger partial charge in [0.25, 0.3) is 0 Å². The minimum absolute atomic E-state index is 0.0214. The van der Waals surface area contributed by atoms with Crippen LogP contribution in [0.15, 0.2) is 18.2 Å². The van der Waals surface area contributed by atoms with Gasteiger partial charge in [-0.3, -0.25) is 0 Å². The first-order valence-electron chi connectivity index (χ1n) is 8.51. The van der Waals surface area contributed by atoms with E-state index in [9.17, 15) is 18.0 Å². The van der Waals surface area contributed by atoms with Crippen molar-refractivity contribution >= 4 is 23.3 Å². The topological polar surface area (TPSA) is 59.6 Å². The predicted molar refractivity (Wildman–Crippen MR) is 88.0 cm³/mol. The van der Waals surface area contributed by atoms with Gasteiger partial charge in [-0.1, -0.05) is 11.6 Å². The first-order valence-corrected chi connectivity index (χ1v) is 8.89. The summed E-state index contributed by atoms with van der Waals surface area (Å²) in [6.45, 7) is 0. The Kier molecular flexibility index (Phi) is 4.23. The van der Waals surface area contributed by atoms with Crippen LogP contribution >= 0.6 is 11.6 Å². The third-order valence-electron chi connectivity index (χ3n) is 5.19. The Morgan fingerprint density at radius 1 is 1.19 bits per heavy atom.